The fourth-order valence-electron chi connectivity index (χ4n) is 3.98. The topological polar surface area (TPSA) is 60.9 Å². The van der Waals surface area contributed by atoms with E-state index < -0.39 is 10.0 Å². The summed E-state index contributed by atoms with van der Waals surface area (Å²) < 4.78 is 28.1. The Kier molecular flexibility index (Phi) is 7.07. The molecule has 0 bridgehead atoms. The van der Waals surface area contributed by atoms with Crippen LogP contribution in [0, 0.1) is 0 Å². The molecule has 3 rings (SSSR count). The first kappa shape index (κ1) is 21.6. The molecular formula is C20H31N3O3S2. The summed E-state index contributed by atoms with van der Waals surface area (Å²) in [6.07, 6.45) is 3.18. The van der Waals surface area contributed by atoms with Crippen LogP contribution >= 0.6 is 11.8 Å². The zero-order chi connectivity index (χ0) is 20.3. The number of carbonyl (C=O) groups excluding carboxylic acids is 1. The van der Waals surface area contributed by atoms with Crippen molar-refractivity contribution in [3.05, 3.63) is 18.2 Å². The SMILES string of the molecule is CCCC(C)N1CCN(S(=O)(=O)c2ccc3c(c2)N(C(C)=O)CCCS3)CC1. The maximum atomic E-state index is 13.2. The maximum absolute atomic E-state index is 13.2. The van der Waals surface area contributed by atoms with E-state index in [1.807, 2.05) is 6.07 Å². The van der Waals surface area contributed by atoms with Crippen LogP contribution in [0.1, 0.15) is 40.0 Å². The highest BCUT2D eigenvalue weighted by Gasteiger charge is 2.31. The summed E-state index contributed by atoms with van der Waals surface area (Å²) in [5.41, 5.74) is 0.728. The minimum Gasteiger partial charge on any atom is -0.311 e. The van der Waals surface area contributed by atoms with Crippen molar-refractivity contribution in [1.82, 2.24) is 9.21 Å². The van der Waals surface area contributed by atoms with Gasteiger partial charge in [-0.05, 0) is 43.7 Å². The first-order valence-corrected chi connectivity index (χ1v) is 12.6. The Hall–Kier alpha value is -1.09. The van der Waals surface area contributed by atoms with Gasteiger partial charge in [-0.2, -0.15) is 4.31 Å². The Labute approximate surface area is 173 Å². The zero-order valence-corrected chi connectivity index (χ0v) is 18.7. The van der Waals surface area contributed by atoms with Crippen molar-refractivity contribution in [1.29, 1.82) is 0 Å². The molecule has 1 atom stereocenters. The molecule has 2 heterocycles. The number of fused-ring (bicyclic) bond motifs is 1. The second kappa shape index (κ2) is 9.15. The lowest BCUT2D eigenvalue weighted by atomic mass is 10.1. The molecule has 1 saturated heterocycles. The fourth-order valence-corrected chi connectivity index (χ4v) is 6.39. The monoisotopic (exact) mass is 425 g/mol. The molecule has 1 fully saturated rings. The maximum Gasteiger partial charge on any atom is 0.243 e. The van der Waals surface area contributed by atoms with Crippen molar-refractivity contribution in [3.63, 3.8) is 0 Å². The second-order valence-corrected chi connectivity index (χ2v) is 10.7. The molecule has 1 aromatic carbocycles. The third-order valence-corrected chi connectivity index (χ3v) is 8.67. The molecule has 6 nitrogen and oxygen atoms in total. The van der Waals surface area contributed by atoms with Crippen LogP contribution in [0.15, 0.2) is 28.0 Å². The van der Waals surface area contributed by atoms with Crippen molar-refractivity contribution in [2.75, 3.05) is 43.4 Å². The molecule has 0 aliphatic carbocycles. The molecule has 28 heavy (non-hydrogen) atoms. The number of anilines is 1. The van der Waals surface area contributed by atoms with E-state index in [2.05, 4.69) is 18.7 Å². The number of rotatable bonds is 5. The Bertz CT molecular complexity index is 805. The first-order chi connectivity index (χ1) is 13.3. The number of benzene rings is 1. The van der Waals surface area contributed by atoms with E-state index in [1.54, 1.807) is 33.1 Å². The van der Waals surface area contributed by atoms with Gasteiger partial charge in [0.2, 0.25) is 15.9 Å². The number of thioether (sulfide) groups is 1. The van der Waals surface area contributed by atoms with Gasteiger partial charge in [-0.1, -0.05) is 13.3 Å². The van der Waals surface area contributed by atoms with E-state index in [0.717, 1.165) is 48.7 Å². The Morgan fingerprint density at radius 1 is 1.18 bits per heavy atom. The average molecular weight is 426 g/mol. The first-order valence-electron chi connectivity index (χ1n) is 10.1. The number of sulfonamides is 1. The molecule has 8 heteroatoms. The van der Waals surface area contributed by atoms with E-state index in [4.69, 9.17) is 0 Å². The van der Waals surface area contributed by atoms with Crippen LogP contribution in [0.4, 0.5) is 5.69 Å². The third kappa shape index (κ3) is 4.56. The molecule has 0 radical (unpaired) electrons. The van der Waals surface area contributed by atoms with Crippen LogP contribution < -0.4 is 4.90 Å². The van der Waals surface area contributed by atoms with Gasteiger partial charge in [-0.15, -0.1) is 11.8 Å². The highest BCUT2D eigenvalue weighted by molar-refractivity contribution is 7.99. The van der Waals surface area contributed by atoms with Crippen LogP contribution in [0.2, 0.25) is 0 Å². The van der Waals surface area contributed by atoms with E-state index in [1.165, 1.54) is 6.92 Å². The molecule has 2 aliphatic rings. The third-order valence-electron chi connectivity index (χ3n) is 5.63. The highest BCUT2D eigenvalue weighted by Crippen LogP contribution is 2.36. The molecule has 2 aliphatic heterocycles. The normalized spacial score (nSPS) is 20.5. The smallest absolute Gasteiger partial charge is 0.243 e. The quantitative estimate of drug-likeness (QED) is 0.726. The van der Waals surface area contributed by atoms with Crippen LogP contribution in [0.5, 0.6) is 0 Å². The summed E-state index contributed by atoms with van der Waals surface area (Å²) in [5.74, 6) is 0.887. The summed E-state index contributed by atoms with van der Waals surface area (Å²) in [6.45, 7) is 9.12. The van der Waals surface area contributed by atoms with Gasteiger partial charge in [-0.25, -0.2) is 8.42 Å². The van der Waals surface area contributed by atoms with Gasteiger partial charge < -0.3 is 4.90 Å². The standard InChI is InChI=1S/C20H31N3O3S2/c1-4-6-16(2)21-10-12-22(13-11-21)28(25,26)18-7-8-20-19(15-18)23(17(3)24)9-5-14-27-20/h7-8,15-16H,4-6,9-14H2,1-3H3. The lowest BCUT2D eigenvalue weighted by Gasteiger charge is -2.37. The van der Waals surface area contributed by atoms with Crippen LogP contribution in [-0.2, 0) is 14.8 Å². The van der Waals surface area contributed by atoms with Crippen molar-refractivity contribution < 1.29 is 13.2 Å². The minimum absolute atomic E-state index is 0.0446. The zero-order valence-electron chi connectivity index (χ0n) is 17.1. The van der Waals surface area contributed by atoms with E-state index in [-0.39, 0.29) is 10.8 Å². The predicted molar refractivity (Wildman–Crippen MR) is 115 cm³/mol. The van der Waals surface area contributed by atoms with Crippen LogP contribution in [-0.4, -0.2) is 68.0 Å². The molecule has 0 saturated carbocycles. The van der Waals surface area contributed by atoms with Gasteiger partial charge in [-0.3, -0.25) is 9.69 Å². The van der Waals surface area contributed by atoms with Crippen molar-refractivity contribution in [2.24, 2.45) is 0 Å². The summed E-state index contributed by atoms with van der Waals surface area (Å²) >= 11 is 1.68. The molecule has 0 spiro atoms. The molecule has 1 amide bonds. The predicted octanol–water partition coefficient (Wildman–Crippen LogP) is 3.03. The van der Waals surface area contributed by atoms with E-state index in [9.17, 15) is 13.2 Å². The second-order valence-electron chi connectivity index (χ2n) is 7.58. The molecule has 1 unspecified atom stereocenters. The molecular weight excluding hydrogens is 394 g/mol. The summed E-state index contributed by atoms with van der Waals surface area (Å²) in [4.78, 5) is 17.4. The average Bonchev–Trinajstić information content (AvgIpc) is 2.90. The van der Waals surface area contributed by atoms with Gasteiger partial charge in [0.05, 0.1) is 10.6 Å². The fraction of sp³-hybridized carbons (Fsp3) is 0.650. The van der Waals surface area contributed by atoms with E-state index in [0.29, 0.717) is 25.7 Å². The number of carbonyl (C=O) groups is 1. The van der Waals surface area contributed by atoms with Crippen LogP contribution in [0.3, 0.4) is 0 Å². The minimum atomic E-state index is -3.56. The number of hydrogen-bond acceptors (Lipinski definition) is 5. The number of hydrogen-bond donors (Lipinski definition) is 0. The van der Waals surface area contributed by atoms with Gasteiger partial charge in [0.1, 0.15) is 0 Å². The lowest BCUT2D eigenvalue weighted by Crippen LogP contribution is -2.51. The van der Waals surface area contributed by atoms with Gasteiger partial charge in [0.25, 0.3) is 0 Å². The number of amides is 1. The molecule has 1 aromatic rings. The van der Waals surface area contributed by atoms with Crippen molar-refractivity contribution >= 4 is 33.4 Å². The Balaban J connectivity index is 1.80. The number of nitrogens with zero attached hydrogens (tertiary/aromatic N) is 3. The molecule has 156 valence electrons. The Morgan fingerprint density at radius 2 is 1.89 bits per heavy atom. The van der Waals surface area contributed by atoms with Crippen molar-refractivity contribution in [2.45, 2.75) is 55.9 Å². The van der Waals surface area contributed by atoms with Gasteiger partial charge >= 0.3 is 0 Å². The Morgan fingerprint density at radius 3 is 2.54 bits per heavy atom. The molecule has 0 N–H and O–H groups in total. The molecule has 0 aromatic heterocycles. The van der Waals surface area contributed by atoms with Crippen molar-refractivity contribution in [3.8, 4) is 0 Å². The summed E-state index contributed by atoms with van der Waals surface area (Å²) in [5, 5.41) is 0. The lowest BCUT2D eigenvalue weighted by molar-refractivity contribution is -0.116. The van der Waals surface area contributed by atoms with E-state index >= 15 is 0 Å². The van der Waals surface area contributed by atoms with Gasteiger partial charge in [0, 0.05) is 50.6 Å². The van der Waals surface area contributed by atoms with Gasteiger partial charge in [0.15, 0.2) is 0 Å². The highest BCUT2D eigenvalue weighted by atomic mass is 32.2. The summed E-state index contributed by atoms with van der Waals surface area (Å²) in [6, 6.07) is 5.73. The summed E-state index contributed by atoms with van der Waals surface area (Å²) in [7, 11) is -3.56. The number of piperazine rings is 1. The largest absolute Gasteiger partial charge is 0.311 e. The van der Waals surface area contributed by atoms with Crippen LogP contribution in [0.25, 0.3) is 0 Å².